The SMILES string of the molecule is CC(C)(C)NC(=O)NCC1COC2(CCCC2)O1. The number of nitrogens with one attached hydrogen (secondary N) is 2. The highest BCUT2D eigenvalue weighted by Crippen LogP contribution is 2.38. The lowest BCUT2D eigenvalue weighted by molar-refractivity contribution is -0.160. The van der Waals surface area contributed by atoms with Crippen molar-refractivity contribution in [3.8, 4) is 0 Å². The molecule has 1 spiro atoms. The maximum atomic E-state index is 11.6. The lowest BCUT2D eigenvalue weighted by Gasteiger charge is -2.23. The summed E-state index contributed by atoms with van der Waals surface area (Å²) in [4.78, 5) is 11.6. The molecule has 2 N–H and O–H groups in total. The minimum absolute atomic E-state index is 0.0196. The molecule has 2 amide bonds. The van der Waals surface area contributed by atoms with Crippen molar-refractivity contribution in [2.24, 2.45) is 0 Å². The molecule has 0 aromatic rings. The number of hydrogen-bond donors (Lipinski definition) is 2. The van der Waals surface area contributed by atoms with Gasteiger partial charge in [-0.15, -0.1) is 0 Å². The van der Waals surface area contributed by atoms with Gasteiger partial charge in [-0.3, -0.25) is 0 Å². The van der Waals surface area contributed by atoms with E-state index in [-0.39, 0.29) is 23.5 Å². The molecular formula is C13H24N2O3. The predicted molar refractivity (Wildman–Crippen MR) is 68.3 cm³/mol. The Morgan fingerprint density at radius 1 is 1.33 bits per heavy atom. The third-order valence-corrected chi connectivity index (χ3v) is 3.26. The number of hydrogen-bond acceptors (Lipinski definition) is 3. The van der Waals surface area contributed by atoms with Gasteiger partial charge in [0, 0.05) is 24.9 Å². The molecule has 2 aliphatic rings. The van der Waals surface area contributed by atoms with Crippen molar-refractivity contribution in [1.82, 2.24) is 10.6 Å². The fraction of sp³-hybridized carbons (Fsp3) is 0.923. The Labute approximate surface area is 109 Å². The first-order chi connectivity index (χ1) is 8.39. The highest BCUT2D eigenvalue weighted by molar-refractivity contribution is 5.74. The Balaban J connectivity index is 1.70. The summed E-state index contributed by atoms with van der Waals surface area (Å²) in [5, 5.41) is 5.69. The van der Waals surface area contributed by atoms with Crippen molar-refractivity contribution in [2.45, 2.75) is 63.9 Å². The summed E-state index contributed by atoms with van der Waals surface area (Å²) in [5.74, 6) is -0.340. The average molecular weight is 256 g/mol. The van der Waals surface area contributed by atoms with Gasteiger partial charge in [-0.05, 0) is 33.6 Å². The molecule has 1 aliphatic heterocycles. The zero-order chi connectivity index (χ0) is 13.2. The van der Waals surface area contributed by atoms with Crippen molar-refractivity contribution in [1.29, 1.82) is 0 Å². The monoisotopic (exact) mass is 256 g/mol. The molecule has 0 bridgehead atoms. The highest BCUT2D eigenvalue weighted by Gasteiger charge is 2.43. The average Bonchev–Trinajstić information content (AvgIpc) is 2.85. The summed E-state index contributed by atoms with van der Waals surface area (Å²) in [6.07, 6.45) is 4.29. The predicted octanol–water partition coefficient (Wildman–Crippen LogP) is 1.77. The lowest BCUT2D eigenvalue weighted by Crippen LogP contribution is -2.48. The number of carbonyl (C=O) groups is 1. The summed E-state index contributed by atoms with van der Waals surface area (Å²) in [6.45, 7) is 6.94. The largest absolute Gasteiger partial charge is 0.347 e. The molecule has 18 heavy (non-hydrogen) atoms. The topological polar surface area (TPSA) is 59.6 Å². The van der Waals surface area contributed by atoms with E-state index in [1.165, 1.54) is 12.8 Å². The van der Waals surface area contributed by atoms with Gasteiger partial charge in [0.1, 0.15) is 6.10 Å². The van der Waals surface area contributed by atoms with E-state index in [4.69, 9.17) is 9.47 Å². The van der Waals surface area contributed by atoms with E-state index >= 15 is 0 Å². The standard InChI is InChI=1S/C13H24N2O3/c1-12(2,3)15-11(16)14-8-10-9-17-13(18-10)6-4-5-7-13/h10H,4-9H2,1-3H3,(H2,14,15,16). The van der Waals surface area contributed by atoms with Crippen molar-refractivity contribution in [3.05, 3.63) is 0 Å². The minimum Gasteiger partial charge on any atom is -0.347 e. The van der Waals surface area contributed by atoms with E-state index in [2.05, 4.69) is 10.6 Å². The second kappa shape index (κ2) is 5.05. The van der Waals surface area contributed by atoms with Gasteiger partial charge in [0.05, 0.1) is 6.61 Å². The fourth-order valence-electron chi connectivity index (χ4n) is 2.48. The summed E-state index contributed by atoms with van der Waals surface area (Å²) in [6, 6.07) is -0.154. The summed E-state index contributed by atoms with van der Waals surface area (Å²) < 4.78 is 11.7. The van der Waals surface area contributed by atoms with Crippen LogP contribution in [0.4, 0.5) is 4.79 Å². The highest BCUT2D eigenvalue weighted by atomic mass is 16.7. The summed E-state index contributed by atoms with van der Waals surface area (Å²) >= 11 is 0. The molecule has 0 aromatic heterocycles. The van der Waals surface area contributed by atoms with E-state index in [9.17, 15) is 4.79 Å². The molecule has 0 radical (unpaired) electrons. The van der Waals surface area contributed by atoms with Gasteiger partial charge in [0.25, 0.3) is 0 Å². The summed E-state index contributed by atoms with van der Waals surface area (Å²) in [5.41, 5.74) is -0.218. The van der Waals surface area contributed by atoms with Gasteiger partial charge in [0.2, 0.25) is 0 Å². The number of carbonyl (C=O) groups excluding carboxylic acids is 1. The van der Waals surface area contributed by atoms with Crippen molar-refractivity contribution in [3.63, 3.8) is 0 Å². The molecule has 104 valence electrons. The quantitative estimate of drug-likeness (QED) is 0.791. The summed E-state index contributed by atoms with van der Waals surface area (Å²) in [7, 11) is 0. The number of ether oxygens (including phenoxy) is 2. The third kappa shape index (κ3) is 3.59. The second-order valence-corrected chi connectivity index (χ2v) is 6.25. The van der Waals surface area contributed by atoms with E-state index < -0.39 is 0 Å². The van der Waals surface area contributed by atoms with Crippen LogP contribution in [0.3, 0.4) is 0 Å². The molecule has 0 aromatic carbocycles. The smallest absolute Gasteiger partial charge is 0.315 e. The zero-order valence-corrected chi connectivity index (χ0v) is 11.5. The Morgan fingerprint density at radius 3 is 2.61 bits per heavy atom. The first-order valence-corrected chi connectivity index (χ1v) is 6.76. The second-order valence-electron chi connectivity index (χ2n) is 6.25. The van der Waals surface area contributed by atoms with Crippen molar-refractivity contribution < 1.29 is 14.3 Å². The van der Waals surface area contributed by atoms with Gasteiger partial charge in [0.15, 0.2) is 5.79 Å². The maximum Gasteiger partial charge on any atom is 0.315 e. The number of rotatable bonds is 2. The molecular weight excluding hydrogens is 232 g/mol. The first-order valence-electron chi connectivity index (χ1n) is 6.76. The van der Waals surface area contributed by atoms with E-state index in [0.29, 0.717) is 13.2 Å². The Kier molecular flexibility index (Phi) is 3.82. The van der Waals surface area contributed by atoms with Crippen LogP contribution in [-0.2, 0) is 9.47 Å². The maximum absolute atomic E-state index is 11.6. The van der Waals surface area contributed by atoms with Crippen LogP contribution >= 0.6 is 0 Å². The molecule has 1 heterocycles. The van der Waals surface area contributed by atoms with Crippen molar-refractivity contribution in [2.75, 3.05) is 13.2 Å². The molecule has 5 heteroatoms. The third-order valence-electron chi connectivity index (χ3n) is 3.26. The van der Waals surface area contributed by atoms with Gasteiger partial charge in [-0.2, -0.15) is 0 Å². The van der Waals surface area contributed by atoms with Crippen molar-refractivity contribution >= 4 is 6.03 Å². The molecule has 1 atom stereocenters. The Bertz CT molecular complexity index is 306. The van der Waals surface area contributed by atoms with Crippen LogP contribution in [-0.4, -0.2) is 36.6 Å². The van der Waals surface area contributed by atoms with Crippen LogP contribution < -0.4 is 10.6 Å². The molecule has 1 saturated carbocycles. The Hall–Kier alpha value is -0.810. The molecule has 1 saturated heterocycles. The van der Waals surface area contributed by atoms with E-state index in [0.717, 1.165) is 12.8 Å². The molecule has 1 unspecified atom stereocenters. The Morgan fingerprint density at radius 2 is 2.00 bits per heavy atom. The van der Waals surface area contributed by atoms with Gasteiger partial charge in [-0.1, -0.05) is 0 Å². The van der Waals surface area contributed by atoms with E-state index in [1.807, 2.05) is 20.8 Å². The van der Waals surface area contributed by atoms with Crippen LogP contribution in [0.1, 0.15) is 46.5 Å². The molecule has 5 nitrogen and oxygen atoms in total. The first kappa shape index (κ1) is 13.6. The van der Waals surface area contributed by atoms with Gasteiger partial charge < -0.3 is 20.1 Å². The van der Waals surface area contributed by atoms with E-state index in [1.54, 1.807) is 0 Å². The van der Waals surface area contributed by atoms with Crippen LogP contribution in [0.25, 0.3) is 0 Å². The normalized spacial score (nSPS) is 26.5. The van der Waals surface area contributed by atoms with Gasteiger partial charge in [-0.25, -0.2) is 4.79 Å². The van der Waals surface area contributed by atoms with Crippen LogP contribution in [0, 0.1) is 0 Å². The molecule has 1 aliphatic carbocycles. The number of urea groups is 1. The lowest BCUT2D eigenvalue weighted by atomic mass is 10.1. The molecule has 2 rings (SSSR count). The minimum atomic E-state index is -0.340. The van der Waals surface area contributed by atoms with Crippen LogP contribution in [0.2, 0.25) is 0 Å². The van der Waals surface area contributed by atoms with Gasteiger partial charge >= 0.3 is 6.03 Å². The number of amides is 2. The van der Waals surface area contributed by atoms with Crippen LogP contribution in [0.5, 0.6) is 0 Å². The fourth-order valence-corrected chi connectivity index (χ4v) is 2.48. The van der Waals surface area contributed by atoms with Crippen LogP contribution in [0.15, 0.2) is 0 Å². The molecule has 2 fully saturated rings. The zero-order valence-electron chi connectivity index (χ0n) is 11.5.